The lowest BCUT2D eigenvalue weighted by atomic mass is 10.0. The molecule has 20 heavy (non-hydrogen) atoms. The minimum atomic E-state index is -0.172. The van der Waals surface area contributed by atoms with Crippen molar-refractivity contribution in [2.75, 3.05) is 6.54 Å². The summed E-state index contributed by atoms with van der Waals surface area (Å²) < 4.78 is 15.2. The highest BCUT2D eigenvalue weighted by molar-refractivity contribution is 5.18. The van der Waals surface area contributed by atoms with Crippen LogP contribution in [0.1, 0.15) is 23.9 Å². The standard InChI is InChI=1S/C16H22FN3/c1-4-18-15(10-13-6-5-7-14(17)9-13)11-16-8-12(2)19-20(16)3/h5-9,15,18H,4,10-11H2,1-3H3. The van der Waals surface area contributed by atoms with E-state index >= 15 is 0 Å². The maximum atomic E-state index is 13.3. The van der Waals surface area contributed by atoms with Crippen molar-refractivity contribution in [3.63, 3.8) is 0 Å². The average molecular weight is 275 g/mol. The number of hydrogen-bond donors (Lipinski definition) is 1. The molecule has 0 saturated heterocycles. The molecule has 108 valence electrons. The number of halogens is 1. The van der Waals surface area contributed by atoms with Crippen molar-refractivity contribution >= 4 is 0 Å². The second kappa shape index (κ2) is 6.66. The number of nitrogens with one attached hydrogen (secondary N) is 1. The van der Waals surface area contributed by atoms with Crippen molar-refractivity contribution in [3.05, 3.63) is 53.1 Å². The highest BCUT2D eigenvalue weighted by Crippen LogP contribution is 2.11. The first-order valence-corrected chi connectivity index (χ1v) is 7.06. The monoisotopic (exact) mass is 275 g/mol. The second-order valence-electron chi connectivity index (χ2n) is 5.19. The van der Waals surface area contributed by atoms with E-state index in [9.17, 15) is 4.39 Å². The Hall–Kier alpha value is -1.68. The third-order valence-corrected chi connectivity index (χ3v) is 3.42. The molecule has 1 unspecified atom stereocenters. The zero-order valence-corrected chi connectivity index (χ0v) is 12.4. The van der Waals surface area contributed by atoms with Crippen LogP contribution in [0.4, 0.5) is 4.39 Å². The summed E-state index contributed by atoms with van der Waals surface area (Å²) in [7, 11) is 1.97. The average Bonchev–Trinajstić information content (AvgIpc) is 2.68. The van der Waals surface area contributed by atoms with Gasteiger partial charge in [-0.3, -0.25) is 4.68 Å². The van der Waals surface area contributed by atoms with E-state index in [0.29, 0.717) is 0 Å². The fourth-order valence-electron chi connectivity index (χ4n) is 2.56. The zero-order chi connectivity index (χ0) is 14.5. The molecule has 3 nitrogen and oxygen atoms in total. The molecule has 2 aromatic rings. The van der Waals surface area contributed by atoms with Crippen molar-refractivity contribution in [2.45, 2.75) is 32.7 Å². The van der Waals surface area contributed by atoms with Gasteiger partial charge in [0, 0.05) is 25.2 Å². The Morgan fingerprint density at radius 3 is 2.70 bits per heavy atom. The summed E-state index contributed by atoms with van der Waals surface area (Å²) >= 11 is 0. The number of hydrogen-bond acceptors (Lipinski definition) is 2. The molecule has 0 aliphatic heterocycles. The Bertz CT molecular complexity index is 563. The first-order valence-electron chi connectivity index (χ1n) is 7.06. The summed E-state index contributed by atoms with van der Waals surface area (Å²) in [5, 5.41) is 7.85. The van der Waals surface area contributed by atoms with Crippen LogP contribution in [0.25, 0.3) is 0 Å². The van der Waals surface area contributed by atoms with Crippen LogP contribution >= 0.6 is 0 Å². The van der Waals surface area contributed by atoms with Crippen LogP contribution in [0.3, 0.4) is 0 Å². The molecule has 0 saturated carbocycles. The molecule has 0 bridgehead atoms. The van der Waals surface area contributed by atoms with E-state index in [1.54, 1.807) is 12.1 Å². The van der Waals surface area contributed by atoms with E-state index in [1.807, 2.05) is 24.7 Å². The Morgan fingerprint density at radius 1 is 1.30 bits per heavy atom. The topological polar surface area (TPSA) is 29.9 Å². The number of likely N-dealkylation sites (N-methyl/N-ethyl adjacent to an activating group) is 1. The van der Waals surface area contributed by atoms with Crippen LogP contribution in [-0.4, -0.2) is 22.4 Å². The Kier molecular flexibility index (Phi) is 4.90. The molecular weight excluding hydrogens is 253 g/mol. The van der Waals surface area contributed by atoms with Crippen molar-refractivity contribution in [3.8, 4) is 0 Å². The van der Waals surface area contributed by atoms with E-state index in [2.05, 4.69) is 23.4 Å². The van der Waals surface area contributed by atoms with Crippen LogP contribution < -0.4 is 5.32 Å². The summed E-state index contributed by atoms with van der Waals surface area (Å²) in [6.07, 6.45) is 1.71. The van der Waals surface area contributed by atoms with E-state index in [0.717, 1.165) is 30.6 Å². The van der Waals surface area contributed by atoms with Crippen molar-refractivity contribution in [1.29, 1.82) is 0 Å². The smallest absolute Gasteiger partial charge is 0.123 e. The van der Waals surface area contributed by atoms with Crippen LogP contribution in [0, 0.1) is 12.7 Å². The lowest BCUT2D eigenvalue weighted by Gasteiger charge is -2.18. The SMILES string of the molecule is CCNC(Cc1cccc(F)c1)Cc1cc(C)nn1C. The molecule has 0 aliphatic carbocycles. The first-order chi connectivity index (χ1) is 9.58. The molecule has 1 aromatic carbocycles. The minimum Gasteiger partial charge on any atom is -0.314 e. The second-order valence-corrected chi connectivity index (χ2v) is 5.19. The molecule has 4 heteroatoms. The molecule has 2 rings (SSSR count). The van der Waals surface area contributed by atoms with Crippen LogP contribution in [-0.2, 0) is 19.9 Å². The van der Waals surface area contributed by atoms with Gasteiger partial charge in [0.05, 0.1) is 5.69 Å². The maximum Gasteiger partial charge on any atom is 0.123 e. The van der Waals surface area contributed by atoms with Gasteiger partial charge in [0.15, 0.2) is 0 Å². The summed E-state index contributed by atoms with van der Waals surface area (Å²) in [6, 6.07) is 9.23. The van der Waals surface area contributed by atoms with Crippen molar-refractivity contribution in [2.24, 2.45) is 7.05 Å². The van der Waals surface area contributed by atoms with E-state index in [-0.39, 0.29) is 11.9 Å². The zero-order valence-electron chi connectivity index (χ0n) is 12.4. The molecule has 0 amide bonds. The van der Waals surface area contributed by atoms with Gasteiger partial charge < -0.3 is 5.32 Å². The Morgan fingerprint density at radius 2 is 2.10 bits per heavy atom. The van der Waals surface area contributed by atoms with Gasteiger partial charge in [0.2, 0.25) is 0 Å². The van der Waals surface area contributed by atoms with Gasteiger partial charge in [-0.25, -0.2) is 4.39 Å². The maximum absolute atomic E-state index is 13.3. The molecule has 0 spiro atoms. The Labute approximate surface area is 119 Å². The molecule has 1 N–H and O–H groups in total. The largest absolute Gasteiger partial charge is 0.314 e. The summed E-state index contributed by atoms with van der Waals surface area (Å²) in [4.78, 5) is 0. The number of aromatic nitrogens is 2. The van der Waals surface area contributed by atoms with Gasteiger partial charge in [-0.1, -0.05) is 19.1 Å². The minimum absolute atomic E-state index is 0.172. The molecule has 0 radical (unpaired) electrons. The lowest BCUT2D eigenvalue weighted by molar-refractivity contribution is 0.503. The number of nitrogens with zero attached hydrogens (tertiary/aromatic N) is 2. The predicted octanol–water partition coefficient (Wildman–Crippen LogP) is 2.63. The highest BCUT2D eigenvalue weighted by Gasteiger charge is 2.13. The Balaban J connectivity index is 2.09. The highest BCUT2D eigenvalue weighted by atomic mass is 19.1. The van der Waals surface area contributed by atoms with Gasteiger partial charge in [0.25, 0.3) is 0 Å². The van der Waals surface area contributed by atoms with E-state index in [1.165, 1.54) is 11.8 Å². The van der Waals surface area contributed by atoms with E-state index < -0.39 is 0 Å². The molecule has 0 fully saturated rings. The number of rotatable bonds is 6. The molecule has 0 aliphatic rings. The van der Waals surface area contributed by atoms with Gasteiger partial charge in [0.1, 0.15) is 5.82 Å². The quantitative estimate of drug-likeness (QED) is 0.878. The summed E-state index contributed by atoms with van der Waals surface area (Å²) in [5.41, 5.74) is 3.25. The van der Waals surface area contributed by atoms with Crippen LogP contribution in [0.15, 0.2) is 30.3 Å². The number of benzene rings is 1. The molecule has 1 atom stereocenters. The van der Waals surface area contributed by atoms with Crippen LogP contribution in [0.2, 0.25) is 0 Å². The predicted molar refractivity (Wildman–Crippen MR) is 79.2 cm³/mol. The first kappa shape index (κ1) is 14.7. The van der Waals surface area contributed by atoms with Gasteiger partial charge in [-0.15, -0.1) is 0 Å². The van der Waals surface area contributed by atoms with E-state index in [4.69, 9.17) is 0 Å². The molecule has 1 aromatic heterocycles. The van der Waals surface area contributed by atoms with Gasteiger partial charge >= 0.3 is 0 Å². The number of aryl methyl sites for hydroxylation is 2. The normalized spacial score (nSPS) is 12.6. The molecular formula is C16H22FN3. The molecule has 1 heterocycles. The summed E-state index contributed by atoms with van der Waals surface area (Å²) in [6.45, 7) is 4.99. The van der Waals surface area contributed by atoms with Crippen molar-refractivity contribution < 1.29 is 4.39 Å². The van der Waals surface area contributed by atoms with Gasteiger partial charge in [-0.05, 0) is 43.7 Å². The fraction of sp³-hybridized carbons (Fsp3) is 0.438. The lowest BCUT2D eigenvalue weighted by Crippen LogP contribution is -2.33. The summed E-state index contributed by atoms with van der Waals surface area (Å²) in [5.74, 6) is -0.172. The van der Waals surface area contributed by atoms with Crippen LogP contribution in [0.5, 0.6) is 0 Å². The van der Waals surface area contributed by atoms with Gasteiger partial charge in [-0.2, -0.15) is 5.10 Å². The van der Waals surface area contributed by atoms with Crippen molar-refractivity contribution in [1.82, 2.24) is 15.1 Å². The third-order valence-electron chi connectivity index (χ3n) is 3.42. The fourth-order valence-corrected chi connectivity index (χ4v) is 2.56. The third kappa shape index (κ3) is 3.90.